The van der Waals surface area contributed by atoms with Gasteiger partial charge in [0.2, 0.25) is 11.8 Å². The highest BCUT2D eigenvalue weighted by Gasteiger charge is 2.07. The number of rotatable bonds is 7. The van der Waals surface area contributed by atoms with Crippen LogP contribution in [0, 0.1) is 0 Å². The maximum atomic E-state index is 11.8. The number of amides is 2. The summed E-state index contributed by atoms with van der Waals surface area (Å²) in [4.78, 5) is 27.0. The molecule has 22 heavy (non-hydrogen) atoms. The zero-order valence-electron chi connectivity index (χ0n) is 12.3. The molecule has 0 bridgehead atoms. The molecule has 2 heterocycles. The molecule has 0 atom stereocenters. The summed E-state index contributed by atoms with van der Waals surface area (Å²) in [6.45, 7) is 2.33. The minimum atomic E-state index is -0.165. The molecule has 0 fully saturated rings. The van der Waals surface area contributed by atoms with Gasteiger partial charge < -0.3 is 10.6 Å². The number of aromatic nitrogens is 4. The molecule has 0 unspecified atom stereocenters. The van der Waals surface area contributed by atoms with Crippen LogP contribution in [-0.2, 0) is 22.6 Å². The monoisotopic (exact) mass is 302 g/mol. The van der Waals surface area contributed by atoms with Crippen molar-refractivity contribution in [1.29, 1.82) is 0 Å². The van der Waals surface area contributed by atoms with Crippen molar-refractivity contribution in [3.8, 4) is 0 Å². The minimum absolute atomic E-state index is 0.0576. The average Bonchev–Trinajstić information content (AvgIpc) is 2.95. The van der Waals surface area contributed by atoms with Crippen molar-refractivity contribution < 1.29 is 9.59 Å². The molecule has 116 valence electrons. The predicted octanol–water partition coefficient (Wildman–Crippen LogP) is 0.380. The summed E-state index contributed by atoms with van der Waals surface area (Å²) >= 11 is 0. The molecule has 2 aromatic rings. The molecule has 2 aromatic heterocycles. The number of carbonyl (C=O) groups excluding carboxylic acids is 2. The lowest BCUT2D eigenvalue weighted by atomic mass is 10.2. The summed E-state index contributed by atoms with van der Waals surface area (Å²) in [6, 6.07) is 3.82. The highest BCUT2D eigenvalue weighted by atomic mass is 16.2. The van der Waals surface area contributed by atoms with Crippen LogP contribution in [0.3, 0.4) is 0 Å². The van der Waals surface area contributed by atoms with Gasteiger partial charge in [-0.1, -0.05) is 18.2 Å². The number of hydrogen-bond donors (Lipinski definition) is 2. The van der Waals surface area contributed by atoms with Crippen molar-refractivity contribution in [3.63, 3.8) is 0 Å². The van der Waals surface area contributed by atoms with Gasteiger partial charge in [-0.25, -0.2) is 4.68 Å². The van der Waals surface area contributed by atoms with E-state index in [2.05, 4.69) is 25.9 Å². The first-order valence-corrected chi connectivity index (χ1v) is 7.03. The van der Waals surface area contributed by atoms with Gasteiger partial charge in [-0.15, -0.1) is 5.10 Å². The summed E-state index contributed by atoms with van der Waals surface area (Å²) < 4.78 is 1.38. The lowest BCUT2D eigenvalue weighted by Gasteiger charge is -2.04. The van der Waals surface area contributed by atoms with Gasteiger partial charge in [0.15, 0.2) is 5.82 Å². The van der Waals surface area contributed by atoms with Gasteiger partial charge in [0.25, 0.3) is 0 Å². The number of pyridine rings is 1. The highest BCUT2D eigenvalue weighted by Crippen LogP contribution is 2.00. The van der Waals surface area contributed by atoms with E-state index in [1.165, 1.54) is 10.9 Å². The van der Waals surface area contributed by atoms with Crippen molar-refractivity contribution in [2.75, 3.05) is 11.9 Å². The Bertz CT molecular complexity index is 625. The van der Waals surface area contributed by atoms with Crippen molar-refractivity contribution in [2.45, 2.75) is 26.3 Å². The largest absolute Gasteiger partial charge is 0.354 e. The lowest BCUT2D eigenvalue weighted by Crippen LogP contribution is -2.29. The van der Waals surface area contributed by atoms with Crippen LogP contribution in [0.25, 0.3) is 0 Å². The third kappa shape index (κ3) is 4.97. The van der Waals surface area contributed by atoms with Crippen LogP contribution < -0.4 is 10.6 Å². The molecule has 0 aliphatic heterocycles. The van der Waals surface area contributed by atoms with Crippen LogP contribution >= 0.6 is 0 Å². The van der Waals surface area contributed by atoms with Crippen LogP contribution in [0.5, 0.6) is 0 Å². The second-order valence-corrected chi connectivity index (χ2v) is 4.66. The van der Waals surface area contributed by atoms with Crippen LogP contribution in [-0.4, -0.2) is 38.3 Å². The first-order chi connectivity index (χ1) is 10.7. The van der Waals surface area contributed by atoms with E-state index in [1.807, 2.05) is 12.1 Å². The van der Waals surface area contributed by atoms with Crippen molar-refractivity contribution in [1.82, 2.24) is 25.3 Å². The zero-order chi connectivity index (χ0) is 15.8. The van der Waals surface area contributed by atoms with Crippen LogP contribution in [0.2, 0.25) is 0 Å². The normalized spacial score (nSPS) is 10.2. The van der Waals surface area contributed by atoms with Gasteiger partial charge in [-0.05, 0) is 18.1 Å². The molecule has 2 rings (SSSR count). The standard InChI is InChI=1S/C14H18N6O2/c1-2-13(21)17-12-9-20(19-18-12)10-14(22)16-7-5-11-4-3-6-15-8-11/h3-4,6,8-9H,2,5,7,10H2,1H3,(H,16,22)(H,17,21). The Kier molecular flexibility index (Phi) is 5.58. The summed E-state index contributed by atoms with van der Waals surface area (Å²) in [5.41, 5.74) is 1.06. The van der Waals surface area contributed by atoms with E-state index in [-0.39, 0.29) is 18.4 Å². The Morgan fingerprint density at radius 2 is 2.18 bits per heavy atom. The van der Waals surface area contributed by atoms with E-state index in [0.717, 1.165) is 12.0 Å². The first-order valence-electron chi connectivity index (χ1n) is 7.03. The zero-order valence-corrected chi connectivity index (χ0v) is 12.3. The molecule has 2 amide bonds. The number of hydrogen-bond acceptors (Lipinski definition) is 5. The molecule has 0 radical (unpaired) electrons. The molecular formula is C14H18N6O2. The predicted molar refractivity (Wildman–Crippen MR) is 79.9 cm³/mol. The van der Waals surface area contributed by atoms with E-state index >= 15 is 0 Å². The van der Waals surface area contributed by atoms with Gasteiger partial charge in [-0.2, -0.15) is 0 Å². The number of nitrogens with one attached hydrogen (secondary N) is 2. The SMILES string of the molecule is CCC(=O)Nc1cn(CC(=O)NCCc2cccnc2)nn1. The molecule has 0 spiro atoms. The van der Waals surface area contributed by atoms with Gasteiger partial charge >= 0.3 is 0 Å². The molecule has 8 nitrogen and oxygen atoms in total. The van der Waals surface area contributed by atoms with Gasteiger partial charge in [-0.3, -0.25) is 14.6 Å². The van der Waals surface area contributed by atoms with Crippen molar-refractivity contribution >= 4 is 17.6 Å². The first kappa shape index (κ1) is 15.6. The third-order valence-electron chi connectivity index (χ3n) is 2.89. The Hall–Kier alpha value is -2.77. The second kappa shape index (κ2) is 7.87. The molecule has 2 N–H and O–H groups in total. The topological polar surface area (TPSA) is 102 Å². The minimum Gasteiger partial charge on any atom is -0.354 e. The van der Waals surface area contributed by atoms with Gasteiger partial charge in [0, 0.05) is 25.4 Å². The number of carbonyl (C=O) groups is 2. The maximum Gasteiger partial charge on any atom is 0.241 e. The molecular weight excluding hydrogens is 284 g/mol. The molecule has 0 aromatic carbocycles. The van der Waals surface area contributed by atoms with E-state index < -0.39 is 0 Å². The van der Waals surface area contributed by atoms with Gasteiger partial charge in [0.1, 0.15) is 6.54 Å². The summed E-state index contributed by atoms with van der Waals surface area (Å²) in [6.07, 6.45) is 6.08. The average molecular weight is 302 g/mol. The van der Waals surface area contributed by atoms with E-state index in [9.17, 15) is 9.59 Å². The molecule has 0 saturated heterocycles. The van der Waals surface area contributed by atoms with Crippen LogP contribution in [0.4, 0.5) is 5.82 Å². The van der Waals surface area contributed by atoms with Crippen molar-refractivity contribution in [2.24, 2.45) is 0 Å². The molecule has 0 aliphatic carbocycles. The molecule has 8 heteroatoms. The quantitative estimate of drug-likeness (QED) is 0.770. The molecule has 0 aliphatic rings. The fourth-order valence-electron chi connectivity index (χ4n) is 1.76. The summed E-state index contributed by atoms with van der Waals surface area (Å²) in [5, 5.41) is 12.9. The third-order valence-corrected chi connectivity index (χ3v) is 2.89. The molecule has 0 saturated carbocycles. The van der Waals surface area contributed by atoms with Crippen molar-refractivity contribution in [3.05, 3.63) is 36.3 Å². The number of nitrogens with zero attached hydrogens (tertiary/aromatic N) is 4. The Morgan fingerprint density at radius 1 is 1.32 bits per heavy atom. The smallest absolute Gasteiger partial charge is 0.241 e. The van der Waals surface area contributed by atoms with E-state index in [1.54, 1.807) is 19.3 Å². The Balaban J connectivity index is 1.74. The fourth-order valence-corrected chi connectivity index (χ4v) is 1.76. The summed E-state index contributed by atoms with van der Waals surface area (Å²) in [7, 11) is 0. The van der Waals surface area contributed by atoms with Crippen LogP contribution in [0.1, 0.15) is 18.9 Å². The Morgan fingerprint density at radius 3 is 2.91 bits per heavy atom. The summed E-state index contributed by atoms with van der Waals surface area (Å²) in [5.74, 6) is 0.0325. The lowest BCUT2D eigenvalue weighted by molar-refractivity contribution is -0.121. The maximum absolute atomic E-state index is 11.8. The van der Waals surface area contributed by atoms with Gasteiger partial charge in [0.05, 0.1) is 6.20 Å². The van der Waals surface area contributed by atoms with Crippen LogP contribution in [0.15, 0.2) is 30.7 Å². The number of anilines is 1. The highest BCUT2D eigenvalue weighted by molar-refractivity contribution is 5.89. The fraction of sp³-hybridized carbons (Fsp3) is 0.357. The Labute approximate surface area is 127 Å². The second-order valence-electron chi connectivity index (χ2n) is 4.66. The van der Waals surface area contributed by atoms with E-state index in [0.29, 0.717) is 18.8 Å². The van der Waals surface area contributed by atoms with E-state index in [4.69, 9.17) is 0 Å².